The monoisotopic (exact) mass is 446 g/mol. The molecular weight excluding hydrogens is 432 g/mol. The molecule has 0 aliphatic rings. The fourth-order valence-electron chi connectivity index (χ4n) is 2.14. The first-order chi connectivity index (χ1) is 13.9. The van der Waals surface area contributed by atoms with E-state index >= 15 is 0 Å². The number of amidine groups is 1. The highest BCUT2D eigenvalue weighted by molar-refractivity contribution is 7.10. The Morgan fingerprint density at radius 3 is 2.43 bits per heavy atom. The van der Waals surface area contributed by atoms with Crippen molar-refractivity contribution in [3.8, 4) is 5.75 Å². The van der Waals surface area contributed by atoms with Crippen LogP contribution in [-0.2, 0) is 20.7 Å². The first kappa shape index (κ1) is 23.0. The highest BCUT2D eigenvalue weighted by Gasteiger charge is 2.43. The number of nitrogens with two attached hydrogens (primary N) is 1. The molecule has 2 rings (SSSR count). The van der Waals surface area contributed by atoms with Crippen molar-refractivity contribution in [1.82, 2.24) is 0 Å². The molecule has 12 heteroatoms. The molecule has 1 aromatic carbocycles. The van der Waals surface area contributed by atoms with Gasteiger partial charge in [0.2, 0.25) is 0 Å². The van der Waals surface area contributed by atoms with Crippen LogP contribution >= 0.6 is 11.3 Å². The number of hydrogen-bond acceptors (Lipinski definition) is 7. The molecule has 1 unspecified atom stereocenters. The van der Waals surface area contributed by atoms with Gasteiger partial charge in [-0.3, -0.25) is 10.2 Å². The van der Waals surface area contributed by atoms with Gasteiger partial charge in [-0.25, -0.2) is 14.0 Å². The van der Waals surface area contributed by atoms with E-state index in [0.717, 1.165) is 23.5 Å². The Kier molecular flexibility index (Phi) is 6.92. The van der Waals surface area contributed by atoms with E-state index in [1.54, 1.807) is 0 Å². The van der Waals surface area contributed by atoms with Gasteiger partial charge in [0.15, 0.2) is 11.6 Å². The number of halogens is 4. The third-order valence-electron chi connectivity index (χ3n) is 3.67. The van der Waals surface area contributed by atoms with Crippen LogP contribution in [0.4, 0.5) is 17.6 Å². The Morgan fingerprint density at radius 1 is 1.20 bits per heavy atom. The summed E-state index contributed by atoms with van der Waals surface area (Å²) in [6, 6.07) is 4.68. The van der Waals surface area contributed by atoms with Crippen LogP contribution in [0.5, 0.6) is 5.75 Å². The zero-order valence-corrected chi connectivity index (χ0v) is 16.0. The second kappa shape index (κ2) is 9.03. The summed E-state index contributed by atoms with van der Waals surface area (Å²) in [5.41, 5.74) is 5.37. The molecular formula is C18H14F4N2O5S. The molecule has 0 aliphatic heterocycles. The molecule has 0 fully saturated rings. The number of thiophene rings is 1. The molecule has 0 radical (unpaired) electrons. The Labute approximate surface area is 170 Å². The summed E-state index contributed by atoms with van der Waals surface area (Å²) in [5.74, 6) is -7.61. The molecule has 0 saturated carbocycles. The average Bonchev–Trinajstić information content (AvgIpc) is 3.10. The van der Waals surface area contributed by atoms with E-state index in [2.05, 4.69) is 4.74 Å². The molecule has 0 bridgehead atoms. The van der Waals surface area contributed by atoms with E-state index in [9.17, 15) is 31.9 Å². The molecule has 0 saturated heterocycles. The van der Waals surface area contributed by atoms with Crippen LogP contribution in [0, 0.1) is 17.1 Å². The number of benzene rings is 1. The number of carbonyl (C=O) groups is 3. The van der Waals surface area contributed by atoms with Crippen molar-refractivity contribution in [2.75, 3.05) is 0 Å². The largest absolute Gasteiger partial charge is 0.491 e. The van der Waals surface area contributed by atoms with Gasteiger partial charge in [-0.2, -0.15) is 13.2 Å². The summed E-state index contributed by atoms with van der Waals surface area (Å²) < 4.78 is 59.1. The van der Waals surface area contributed by atoms with E-state index in [1.807, 2.05) is 0 Å². The van der Waals surface area contributed by atoms with Crippen molar-refractivity contribution in [3.63, 3.8) is 0 Å². The van der Waals surface area contributed by atoms with Gasteiger partial charge in [-0.1, -0.05) is 6.92 Å². The second-order valence-electron chi connectivity index (χ2n) is 6.06. The fourth-order valence-corrected chi connectivity index (χ4v) is 3.12. The molecule has 0 spiro atoms. The molecule has 7 nitrogen and oxygen atoms in total. The van der Waals surface area contributed by atoms with Gasteiger partial charge in [0, 0.05) is 15.8 Å². The Balaban J connectivity index is 2.00. The number of alkyl halides is 3. The SMILES string of the molecule is CC(Cc1cc(C(=O)Oc2ccc(C(=N)N)cc2F)cs1)C(=O)OC(=O)C(F)(F)F. The van der Waals surface area contributed by atoms with Crippen LogP contribution in [0.25, 0.3) is 0 Å². The first-order valence-corrected chi connectivity index (χ1v) is 9.02. The lowest BCUT2D eigenvalue weighted by Gasteiger charge is -2.10. The van der Waals surface area contributed by atoms with Crippen LogP contribution in [0.2, 0.25) is 0 Å². The van der Waals surface area contributed by atoms with Crippen LogP contribution in [0.1, 0.15) is 27.7 Å². The van der Waals surface area contributed by atoms with Gasteiger partial charge in [0.25, 0.3) is 0 Å². The fraction of sp³-hybridized carbons (Fsp3) is 0.222. The Hall–Kier alpha value is -3.28. The topological polar surface area (TPSA) is 120 Å². The lowest BCUT2D eigenvalue weighted by atomic mass is 10.1. The number of carbonyl (C=O) groups excluding carboxylic acids is 3. The molecule has 1 aromatic heterocycles. The van der Waals surface area contributed by atoms with Gasteiger partial charge >= 0.3 is 24.1 Å². The number of ether oxygens (including phenoxy) is 2. The predicted molar refractivity (Wildman–Crippen MR) is 96.7 cm³/mol. The van der Waals surface area contributed by atoms with Crippen molar-refractivity contribution in [2.24, 2.45) is 11.7 Å². The van der Waals surface area contributed by atoms with Crippen molar-refractivity contribution >= 4 is 35.1 Å². The van der Waals surface area contributed by atoms with Crippen molar-refractivity contribution in [1.29, 1.82) is 5.41 Å². The summed E-state index contributed by atoms with van der Waals surface area (Å²) in [6.45, 7) is 1.26. The van der Waals surface area contributed by atoms with Gasteiger partial charge in [-0.15, -0.1) is 11.3 Å². The summed E-state index contributed by atoms with van der Waals surface area (Å²) in [5, 5.41) is 8.59. The van der Waals surface area contributed by atoms with Crippen LogP contribution in [0.3, 0.4) is 0 Å². The lowest BCUT2D eigenvalue weighted by Crippen LogP contribution is -2.30. The maximum Gasteiger partial charge on any atom is 0.491 e. The lowest BCUT2D eigenvalue weighted by molar-refractivity contribution is -0.203. The predicted octanol–water partition coefficient (Wildman–Crippen LogP) is 3.20. The number of nitrogen functional groups attached to an aromatic ring is 1. The molecule has 0 aliphatic carbocycles. The normalized spacial score (nSPS) is 12.2. The maximum atomic E-state index is 14.0. The highest BCUT2D eigenvalue weighted by atomic mass is 32.1. The van der Waals surface area contributed by atoms with Gasteiger partial charge < -0.3 is 15.2 Å². The third-order valence-corrected chi connectivity index (χ3v) is 4.63. The summed E-state index contributed by atoms with van der Waals surface area (Å²) in [7, 11) is 0. The first-order valence-electron chi connectivity index (χ1n) is 8.15. The van der Waals surface area contributed by atoms with Gasteiger partial charge in [0.1, 0.15) is 5.84 Å². The quantitative estimate of drug-likeness (QED) is 0.176. The van der Waals surface area contributed by atoms with E-state index in [-0.39, 0.29) is 29.1 Å². The Bertz CT molecular complexity index is 1000. The summed E-state index contributed by atoms with van der Waals surface area (Å²) in [6.07, 6.45) is -5.38. The Morgan fingerprint density at radius 2 is 1.87 bits per heavy atom. The molecule has 160 valence electrons. The average molecular weight is 446 g/mol. The highest BCUT2D eigenvalue weighted by Crippen LogP contribution is 2.24. The minimum absolute atomic E-state index is 0.0250. The molecule has 30 heavy (non-hydrogen) atoms. The smallest absolute Gasteiger partial charge is 0.420 e. The van der Waals surface area contributed by atoms with Crippen LogP contribution in [0.15, 0.2) is 29.6 Å². The number of nitrogens with one attached hydrogen (secondary N) is 1. The molecule has 1 heterocycles. The zero-order valence-electron chi connectivity index (χ0n) is 15.2. The van der Waals surface area contributed by atoms with E-state index < -0.39 is 35.8 Å². The molecule has 0 amide bonds. The van der Waals surface area contributed by atoms with Gasteiger partial charge in [0.05, 0.1) is 11.5 Å². The molecule has 3 N–H and O–H groups in total. The van der Waals surface area contributed by atoms with Crippen LogP contribution in [-0.4, -0.2) is 29.9 Å². The third kappa shape index (κ3) is 5.86. The minimum atomic E-state index is -5.28. The zero-order chi connectivity index (χ0) is 22.6. The summed E-state index contributed by atoms with van der Waals surface area (Å²) in [4.78, 5) is 34.9. The van der Waals surface area contributed by atoms with Crippen LogP contribution < -0.4 is 10.5 Å². The van der Waals surface area contributed by atoms with E-state index in [4.69, 9.17) is 15.9 Å². The number of hydrogen-bond donors (Lipinski definition) is 2. The van der Waals surface area contributed by atoms with Crippen molar-refractivity contribution < 1.29 is 41.4 Å². The van der Waals surface area contributed by atoms with E-state index in [1.165, 1.54) is 24.4 Å². The summed E-state index contributed by atoms with van der Waals surface area (Å²) >= 11 is 1.01. The number of rotatable bonds is 6. The molecule has 1 atom stereocenters. The van der Waals surface area contributed by atoms with Crippen molar-refractivity contribution in [3.05, 3.63) is 51.5 Å². The maximum absolute atomic E-state index is 14.0. The van der Waals surface area contributed by atoms with Gasteiger partial charge in [-0.05, 0) is 30.7 Å². The standard InChI is InChI=1S/C18H14F4N2O5S/c1-8(15(25)29-17(27)18(20,21)22)4-11-5-10(7-30-11)16(26)28-13-3-2-9(14(23)24)6-12(13)19/h2-3,5-8H,4H2,1H3,(H3,23,24). The number of esters is 3. The van der Waals surface area contributed by atoms with Crippen molar-refractivity contribution in [2.45, 2.75) is 19.5 Å². The second-order valence-corrected chi connectivity index (χ2v) is 7.06. The van der Waals surface area contributed by atoms with E-state index in [0.29, 0.717) is 4.88 Å². The minimum Gasteiger partial charge on any atom is -0.420 e. The molecule has 2 aromatic rings.